The lowest BCUT2D eigenvalue weighted by Crippen LogP contribution is -2.48. The molecule has 1 heterocycles. The third kappa shape index (κ3) is 2.38. The SMILES string of the molecule is NC(CO)(CSc1nnc(C2CC2)n1C1CC1)C1CC1. The van der Waals surface area contributed by atoms with Crippen LogP contribution in [-0.4, -0.2) is 37.8 Å². The van der Waals surface area contributed by atoms with E-state index in [1.807, 2.05) is 0 Å². The van der Waals surface area contributed by atoms with Gasteiger partial charge in [-0.2, -0.15) is 0 Å². The van der Waals surface area contributed by atoms with Crippen LogP contribution >= 0.6 is 11.8 Å². The van der Waals surface area contributed by atoms with E-state index in [-0.39, 0.29) is 6.61 Å². The molecule has 5 nitrogen and oxygen atoms in total. The molecule has 0 amide bonds. The minimum atomic E-state index is -0.440. The van der Waals surface area contributed by atoms with Gasteiger partial charge in [0.25, 0.3) is 0 Å². The van der Waals surface area contributed by atoms with Gasteiger partial charge in [-0.1, -0.05) is 11.8 Å². The Kier molecular flexibility index (Phi) is 3.09. The summed E-state index contributed by atoms with van der Waals surface area (Å²) in [5.41, 5.74) is 5.90. The molecule has 0 saturated heterocycles. The van der Waals surface area contributed by atoms with Crippen LogP contribution < -0.4 is 5.73 Å². The van der Waals surface area contributed by atoms with E-state index in [2.05, 4.69) is 14.8 Å². The van der Waals surface area contributed by atoms with Crippen molar-refractivity contribution < 1.29 is 5.11 Å². The number of thioether (sulfide) groups is 1. The molecule has 6 heteroatoms. The highest BCUT2D eigenvalue weighted by atomic mass is 32.2. The number of hydrogen-bond donors (Lipinski definition) is 2. The number of nitrogens with two attached hydrogens (primary N) is 1. The van der Waals surface area contributed by atoms with Gasteiger partial charge in [-0.05, 0) is 44.4 Å². The third-order valence-corrected chi connectivity index (χ3v) is 5.92. The largest absolute Gasteiger partial charge is 0.394 e. The average molecular weight is 294 g/mol. The predicted molar refractivity (Wildman–Crippen MR) is 77.7 cm³/mol. The van der Waals surface area contributed by atoms with Gasteiger partial charge < -0.3 is 15.4 Å². The van der Waals surface area contributed by atoms with Crippen molar-refractivity contribution in [3.8, 4) is 0 Å². The van der Waals surface area contributed by atoms with Gasteiger partial charge >= 0.3 is 0 Å². The Morgan fingerprint density at radius 3 is 2.50 bits per heavy atom. The monoisotopic (exact) mass is 294 g/mol. The van der Waals surface area contributed by atoms with Crippen molar-refractivity contribution in [2.75, 3.05) is 12.4 Å². The molecule has 3 N–H and O–H groups in total. The van der Waals surface area contributed by atoms with Gasteiger partial charge in [-0.15, -0.1) is 10.2 Å². The molecule has 0 aliphatic heterocycles. The fraction of sp³-hybridized carbons (Fsp3) is 0.857. The predicted octanol–water partition coefficient (Wildman–Crippen LogP) is 1.68. The topological polar surface area (TPSA) is 77.0 Å². The number of nitrogens with zero attached hydrogens (tertiary/aromatic N) is 3. The Morgan fingerprint density at radius 2 is 1.95 bits per heavy atom. The molecule has 1 aromatic rings. The highest BCUT2D eigenvalue weighted by molar-refractivity contribution is 7.99. The molecular weight excluding hydrogens is 272 g/mol. The molecule has 3 aliphatic carbocycles. The van der Waals surface area contributed by atoms with Crippen molar-refractivity contribution >= 4 is 11.8 Å². The minimum absolute atomic E-state index is 0.0672. The number of aliphatic hydroxyl groups excluding tert-OH is 1. The fourth-order valence-electron chi connectivity index (χ4n) is 2.83. The first-order chi connectivity index (χ1) is 9.71. The number of hydrogen-bond acceptors (Lipinski definition) is 5. The van der Waals surface area contributed by atoms with Crippen LogP contribution in [0.3, 0.4) is 0 Å². The van der Waals surface area contributed by atoms with Crippen LogP contribution in [0.15, 0.2) is 5.16 Å². The summed E-state index contributed by atoms with van der Waals surface area (Å²) in [5.74, 6) is 3.05. The third-order valence-electron chi connectivity index (χ3n) is 4.70. The molecule has 0 spiro atoms. The summed E-state index contributed by atoms with van der Waals surface area (Å²) in [7, 11) is 0. The first-order valence-electron chi connectivity index (χ1n) is 7.68. The summed E-state index contributed by atoms with van der Waals surface area (Å²) < 4.78 is 2.35. The number of rotatable bonds is 7. The Balaban J connectivity index is 1.50. The summed E-state index contributed by atoms with van der Waals surface area (Å²) >= 11 is 1.69. The van der Waals surface area contributed by atoms with Gasteiger partial charge in [0.15, 0.2) is 5.16 Å². The Bertz CT molecular complexity index is 507. The van der Waals surface area contributed by atoms with E-state index in [9.17, 15) is 5.11 Å². The van der Waals surface area contributed by atoms with Gasteiger partial charge in [-0.25, -0.2) is 0 Å². The molecule has 1 aromatic heterocycles. The summed E-state index contributed by atoms with van der Waals surface area (Å²) in [6, 6.07) is 0.616. The zero-order chi connectivity index (χ0) is 13.7. The lowest BCUT2D eigenvalue weighted by molar-refractivity contribution is 0.194. The Hall–Kier alpha value is -0.590. The Morgan fingerprint density at radius 1 is 1.20 bits per heavy atom. The summed E-state index contributed by atoms with van der Waals surface area (Å²) in [4.78, 5) is 0. The molecule has 20 heavy (non-hydrogen) atoms. The quantitative estimate of drug-likeness (QED) is 0.748. The van der Waals surface area contributed by atoms with E-state index in [0.717, 1.165) is 23.8 Å². The maximum Gasteiger partial charge on any atom is 0.191 e. The lowest BCUT2D eigenvalue weighted by Gasteiger charge is -2.26. The number of aromatic nitrogens is 3. The fourth-order valence-corrected chi connectivity index (χ4v) is 4.04. The normalized spacial score (nSPS) is 25.7. The van der Waals surface area contributed by atoms with Crippen LogP contribution in [0, 0.1) is 5.92 Å². The summed E-state index contributed by atoms with van der Waals surface area (Å²) in [6.45, 7) is 0.0672. The highest BCUT2D eigenvalue weighted by Gasteiger charge is 2.43. The zero-order valence-corrected chi connectivity index (χ0v) is 12.5. The lowest BCUT2D eigenvalue weighted by atomic mass is 9.99. The van der Waals surface area contributed by atoms with Crippen LogP contribution in [0.4, 0.5) is 0 Å². The number of aliphatic hydroxyl groups is 1. The molecule has 110 valence electrons. The molecule has 4 rings (SSSR count). The van der Waals surface area contributed by atoms with E-state index in [1.165, 1.54) is 31.5 Å². The van der Waals surface area contributed by atoms with E-state index >= 15 is 0 Å². The minimum Gasteiger partial charge on any atom is -0.394 e. The van der Waals surface area contributed by atoms with Gasteiger partial charge in [-0.3, -0.25) is 0 Å². The summed E-state index contributed by atoms with van der Waals surface area (Å²) in [5, 5.41) is 19.4. The first kappa shape index (κ1) is 13.1. The van der Waals surface area contributed by atoms with Crippen molar-refractivity contribution in [2.24, 2.45) is 11.7 Å². The molecule has 3 saturated carbocycles. The smallest absolute Gasteiger partial charge is 0.191 e. The van der Waals surface area contributed by atoms with Crippen LogP contribution in [0.2, 0.25) is 0 Å². The Labute approximate surface area is 123 Å². The summed E-state index contributed by atoms with van der Waals surface area (Å²) in [6.07, 6.45) is 7.33. The molecule has 0 bridgehead atoms. The standard InChI is InChI=1S/C14H22N4OS/c15-14(7-19,10-3-4-10)8-20-13-17-16-12(9-1-2-9)18(13)11-5-6-11/h9-11,19H,1-8,15H2. The maximum absolute atomic E-state index is 9.59. The second-order valence-electron chi connectivity index (χ2n) is 6.67. The van der Waals surface area contributed by atoms with Crippen molar-refractivity contribution in [1.82, 2.24) is 14.8 Å². The zero-order valence-electron chi connectivity index (χ0n) is 11.7. The van der Waals surface area contributed by atoms with E-state index in [4.69, 9.17) is 5.73 Å². The van der Waals surface area contributed by atoms with Gasteiger partial charge in [0.2, 0.25) is 0 Å². The maximum atomic E-state index is 9.59. The van der Waals surface area contributed by atoms with E-state index in [1.54, 1.807) is 11.8 Å². The van der Waals surface area contributed by atoms with Crippen molar-refractivity contribution in [3.63, 3.8) is 0 Å². The van der Waals surface area contributed by atoms with Crippen LogP contribution in [0.5, 0.6) is 0 Å². The van der Waals surface area contributed by atoms with Crippen LogP contribution in [0.25, 0.3) is 0 Å². The van der Waals surface area contributed by atoms with E-state index in [0.29, 0.717) is 17.9 Å². The molecular formula is C14H22N4OS. The average Bonchev–Trinajstić information content (AvgIpc) is 3.30. The van der Waals surface area contributed by atoms with Crippen molar-refractivity contribution in [3.05, 3.63) is 5.82 Å². The van der Waals surface area contributed by atoms with Crippen molar-refractivity contribution in [1.29, 1.82) is 0 Å². The van der Waals surface area contributed by atoms with Gasteiger partial charge in [0.1, 0.15) is 5.82 Å². The first-order valence-corrected chi connectivity index (χ1v) is 8.67. The van der Waals surface area contributed by atoms with Crippen LogP contribution in [0.1, 0.15) is 56.3 Å². The van der Waals surface area contributed by atoms with Gasteiger partial charge in [0.05, 0.1) is 12.1 Å². The second-order valence-corrected chi connectivity index (χ2v) is 7.61. The molecule has 0 aromatic carbocycles. The van der Waals surface area contributed by atoms with Gasteiger partial charge in [0, 0.05) is 17.7 Å². The highest BCUT2D eigenvalue weighted by Crippen LogP contribution is 2.47. The van der Waals surface area contributed by atoms with Crippen molar-refractivity contribution in [2.45, 2.75) is 61.2 Å². The molecule has 1 unspecified atom stereocenters. The van der Waals surface area contributed by atoms with E-state index < -0.39 is 5.54 Å². The molecule has 3 fully saturated rings. The van der Waals surface area contributed by atoms with Crippen LogP contribution in [-0.2, 0) is 0 Å². The molecule has 1 atom stereocenters. The molecule has 0 radical (unpaired) electrons. The second kappa shape index (κ2) is 4.71. The molecule has 3 aliphatic rings.